The van der Waals surface area contributed by atoms with Gasteiger partial charge in [0.15, 0.2) is 11.0 Å². The Hall–Kier alpha value is -3.69. The maximum atomic E-state index is 12.6. The minimum atomic E-state index is -0.531. The first-order chi connectivity index (χ1) is 17.3. The Morgan fingerprint density at radius 3 is 2.44 bits per heavy atom. The van der Waals surface area contributed by atoms with E-state index < -0.39 is 10.8 Å². The van der Waals surface area contributed by atoms with Gasteiger partial charge in [0.1, 0.15) is 5.01 Å². The molecule has 4 rings (SSSR count). The topological polar surface area (TPSA) is 158 Å². The number of aromatic nitrogens is 5. The first-order valence-corrected chi connectivity index (χ1v) is 12.9. The average molecular weight is 589 g/mol. The number of halogens is 1. The lowest BCUT2D eigenvalue weighted by molar-refractivity contribution is -0.384. The van der Waals surface area contributed by atoms with E-state index in [1.165, 1.54) is 47.4 Å². The molecule has 2 N–H and O–H groups in total. The molecular weight excluding hydrogens is 572 g/mol. The lowest BCUT2D eigenvalue weighted by atomic mass is 10.2. The second-order valence-corrected chi connectivity index (χ2v) is 10.2. The molecule has 0 aliphatic rings. The van der Waals surface area contributed by atoms with Crippen molar-refractivity contribution in [1.82, 2.24) is 30.3 Å². The van der Waals surface area contributed by atoms with Gasteiger partial charge in [-0.25, -0.2) is 0 Å². The maximum Gasteiger partial charge on any atom is 0.269 e. The van der Waals surface area contributed by atoms with E-state index in [1.807, 2.05) is 24.3 Å². The Kier molecular flexibility index (Phi) is 8.02. The number of carbonyl (C=O) groups excluding carboxylic acids is 2. The number of nitro benzene ring substituents is 1. The first kappa shape index (κ1) is 25.4. The number of hydrogen-bond acceptors (Lipinski definition) is 10. The van der Waals surface area contributed by atoms with Crippen LogP contribution in [-0.2, 0) is 11.3 Å². The van der Waals surface area contributed by atoms with Crippen molar-refractivity contribution < 1.29 is 14.5 Å². The fourth-order valence-corrected chi connectivity index (χ4v) is 4.63. The fourth-order valence-electron chi connectivity index (χ4n) is 2.99. The van der Waals surface area contributed by atoms with Gasteiger partial charge < -0.3 is 5.32 Å². The second-order valence-electron chi connectivity index (χ2n) is 7.16. The van der Waals surface area contributed by atoms with E-state index in [2.05, 4.69) is 47.0 Å². The molecule has 184 valence electrons. The normalized spacial score (nSPS) is 10.7. The predicted molar refractivity (Wildman–Crippen MR) is 137 cm³/mol. The zero-order valence-corrected chi connectivity index (χ0v) is 21.8. The highest BCUT2D eigenvalue weighted by atomic mass is 79.9. The molecule has 0 atom stereocenters. The van der Waals surface area contributed by atoms with E-state index in [-0.39, 0.29) is 29.5 Å². The van der Waals surface area contributed by atoms with E-state index in [4.69, 9.17) is 0 Å². The van der Waals surface area contributed by atoms with Crippen LogP contribution >= 0.6 is 39.0 Å². The van der Waals surface area contributed by atoms with Crippen LogP contribution < -0.4 is 10.6 Å². The van der Waals surface area contributed by atoms with Gasteiger partial charge in [-0.3, -0.25) is 29.6 Å². The van der Waals surface area contributed by atoms with Crippen LogP contribution in [0.25, 0.3) is 5.69 Å². The van der Waals surface area contributed by atoms with Crippen molar-refractivity contribution in [3.8, 4) is 5.69 Å². The number of carbonyl (C=O) groups is 2. The molecule has 0 aliphatic heterocycles. The molecule has 0 fully saturated rings. The molecular formula is C21H17BrN8O4S2. The van der Waals surface area contributed by atoms with E-state index >= 15 is 0 Å². The minimum absolute atomic E-state index is 0.0374. The number of amides is 2. The molecule has 0 unspecified atom stereocenters. The number of nitrogens with zero attached hydrogens (tertiary/aromatic N) is 6. The van der Waals surface area contributed by atoms with Crippen molar-refractivity contribution in [1.29, 1.82) is 0 Å². The number of hydrogen-bond donors (Lipinski definition) is 2. The third-order valence-electron chi connectivity index (χ3n) is 4.64. The quantitative estimate of drug-likeness (QED) is 0.168. The number of benzene rings is 2. The van der Waals surface area contributed by atoms with Crippen molar-refractivity contribution in [2.45, 2.75) is 18.6 Å². The van der Waals surface area contributed by atoms with Crippen LogP contribution in [-0.4, -0.2) is 47.5 Å². The molecule has 0 aliphatic carbocycles. The van der Waals surface area contributed by atoms with Crippen molar-refractivity contribution in [3.63, 3.8) is 0 Å². The number of thioether (sulfide) groups is 1. The van der Waals surface area contributed by atoms with E-state index in [1.54, 1.807) is 11.5 Å². The average Bonchev–Trinajstić information content (AvgIpc) is 3.47. The molecule has 4 aromatic rings. The van der Waals surface area contributed by atoms with E-state index in [9.17, 15) is 19.7 Å². The standard InChI is InChI=1S/C21H17BrN8O4S2/c1-12-25-27-20(36-12)24-18(31)11-35-21-28-26-17(29(21)15-8-4-14(22)5-9-15)10-23-19(32)13-2-6-16(7-3-13)30(33)34/h2-9H,10-11H2,1H3,(H,23,32)(H,24,27,31). The molecule has 2 heterocycles. The molecule has 0 saturated carbocycles. The van der Waals surface area contributed by atoms with Crippen molar-refractivity contribution in [2.75, 3.05) is 11.1 Å². The molecule has 12 nitrogen and oxygen atoms in total. The molecule has 2 aromatic heterocycles. The lowest BCUT2D eigenvalue weighted by Crippen LogP contribution is -2.24. The number of nitro groups is 1. The Labute approximate surface area is 220 Å². The molecule has 0 bridgehead atoms. The van der Waals surface area contributed by atoms with Gasteiger partial charge >= 0.3 is 0 Å². The molecule has 0 saturated heterocycles. The van der Waals surface area contributed by atoms with Gasteiger partial charge in [-0.1, -0.05) is 39.0 Å². The van der Waals surface area contributed by atoms with Crippen molar-refractivity contribution in [3.05, 3.63) is 79.5 Å². The van der Waals surface area contributed by atoms with Crippen LogP contribution in [0.4, 0.5) is 10.8 Å². The molecule has 2 aromatic carbocycles. The third kappa shape index (κ3) is 6.30. The van der Waals surface area contributed by atoms with Crippen LogP contribution in [0, 0.1) is 17.0 Å². The number of aryl methyl sites for hydroxylation is 1. The SMILES string of the molecule is Cc1nnc(NC(=O)CSc2nnc(CNC(=O)c3ccc([N+](=O)[O-])cc3)n2-c2ccc(Br)cc2)s1. The third-order valence-corrected chi connectivity index (χ3v) is 6.85. The summed E-state index contributed by atoms with van der Waals surface area (Å²) in [6.07, 6.45) is 0. The van der Waals surface area contributed by atoms with Crippen LogP contribution in [0.2, 0.25) is 0 Å². The Morgan fingerprint density at radius 1 is 1.08 bits per heavy atom. The summed E-state index contributed by atoms with van der Waals surface area (Å²) in [5.74, 6) is -0.191. The largest absolute Gasteiger partial charge is 0.345 e. The minimum Gasteiger partial charge on any atom is -0.345 e. The lowest BCUT2D eigenvalue weighted by Gasteiger charge is -2.11. The number of rotatable bonds is 9. The summed E-state index contributed by atoms with van der Waals surface area (Å²) in [4.78, 5) is 35.2. The van der Waals surface area contributed by atoms with Crippen LogP contribution in [0.3, 0.4) is 0 Å². The monoisotopic (exact) mass is 588 g/mol. The molecule has 0 spiro atoms. The summed E-state index contributed by atoms with van der Waals surface area (Å²) in [5.41, 5.74) is 0.910. The van der Waals surface area contributed by atoms with Crippen LogP contribution in [0.1, 0.15) is 21.2 Å². The molecule has 2 amide bonds. The smallest absolute Gasteiger partial charge is 0.269 e. The maximum absolute atomic E-state index is 12.6. The zero-order valence-electron chi connectivity index (χ0n) is 18.5. The molecule has 15 heteroatoms. The van der Waals surface area contributed by atoms with Gasteiger partial charge in [0.05, 0.1) is 17.2 Å². The number of nitrogens with one attached hydrogen (secondary N) is 2. The first-order valence-electron chi connectivity index (χ1n) is 10.3. The summed E-state index contributed by atoms with van der Waals surface area (Å²) in [6, 6.07) is 12.7. The molecule has 0 radical (unpaired) electrons. The Bertz CT molecular complexity index is 1410. The van der Waals surface area contributed by atoms with Crippen LogP contribution in [0.15, 0.2) is 58.2 Å². The summed E-state index contributed by atoms with van der Waals surface area (Å²) in [5, 5.41) is 34.1. The second kappa shape index (κ2) is 11.4. The van der Waals surface area contributed by atoms with Crippen molar-refractivity contribution >= 4 is 61.7 Å². The van der Waals surface area contributed by atoms with E-state index in [0.29, 0.717) is 16.1 Å². The Morgan fingerprint density at radius 2 is 1.81 bits per heavy atom. The van der Waals surface area contributed by atoms with Gasteiger partial charge in [0.2, 0.25) is 11.0 Å². The van der Waals surface area contributed by atoms with Crippen LogP contribution in [0.5, 0.6) is 0 Å². The summed E-state index contributed by atoms with van der Waals surface area (Å²) >= 11 is 5.87. The van der Waals surface area contributed by atoms with Gasteiger partial charge in [0.25, 0.3) is 11.6 Å². The van der Waals surface area contributed by atoms with E-state index in [0.717, 1.165) is 15.2 Å². The van der Waals surface area contributed by atoms with Gasteiger partial charge in [0, 0.05) is 27.9 Å². The summed E-state index contributed by atoms with van der Waals surface area (Å²) in [7, 11) is 0. The molecule has 36 heavy (non-hydrogen) atoms. The van der Waals surface area contributed by atoms with Crippen molar-refractivity contribution in [2.24, 2.45) is 0 Å². The highest BCUT2D eigenvalue weighted by Crippen LogP contribution is 2.24. The summed E-state index contributed by atoms with van der Waals surface area (Å²) in [6.45, 7) is 1.83. The van der Waals surface area contributed by atoms with Gasteiger partial charge in [-0.05, 0) is 43.3 Å². The number of non-ortho nitro benzene ring substituents is 1. The highest BCUT2D eigenvalue weighted by molar-refractivity contribution is 9.10. The number of anilines is 1. The van der Waals surface area contributed by atoms with Gasteiger partial charge in [-0.2, -0.15) is 0 Å². The van der Waals surface area contributed by atoms with Gasteiger partial charge in [-0.15, -0.1) is 20.4 Å². The zero-order chi connectivity index (χ0) is 25.7. The summed E-state index contributed by atoms with van der Waals surface area (Å²) < 4.78 is 2.63. The highest BCUT2D eigenvalue weighted by Gasteiger charge is 2.18. The fraction of sp³-hybridized carbons (Fsp3) is 0.143. The Balaban J connectivity index is 1.49. The predicted octanol–water partition coefficient (Wildman–Crippen LogP) is 3.76.